The zero-order valence-electron chi connectivity index (χ0n) is 17.8. The molecule has 1 heterocycles. The Hall–Kier alpha value is -3.19. The van der Waals surface area contributed by atoms with E-state index in [1.54, 1.807) is 25.4 Å². The van der Waals surface area contributed by atoms with Crippen molar-refractivity contribution in [3.63, 3.8) is 0 Å². The van der Waals surface area contributed by atoms with Gasteiger partial charge < -0.3 is 20.0 Å². The highest BCUT2D eigenvalue weighted by Gasteiger charge is 2.15. The molecule has 0 aliphatic carbocycles. The molecule has 30 heavy (non-hydrogen) atoms. The van der Waals surface area contributed by atoms with E-state index in [-0.39, 0.29) is 11.9 Å². The standard InChI is InChI=1S/C23H28FN5O/c1-16-8-10-17(11-9-16)22-28-20(15-30-22)13-26-23(25-2)27-14-21(29(3)4)18-6-5-7-19(24)12-18/h5-12,15,21H,13-14H2,1-4H3,(H2,25,26,27). The van der Waals surface area contributed by atoms with Gasteiger partial charge in [0.15, 0.2) is 5.96 Å². The summed E-state index contributed by atoms with van der Waals surface area (Å²) in [7, 11) is 5.65. The predicted octanol–water partition coefficient (Wildman–Crippen LogP) is 3.76. The minimum atomic E-state index is -0.239. The summed E-state index contributed by atoms with van der Waals surface area (Å²) in [5, 5.41) is 6.54. The highest BCUT2D eigenvalue weighted by atomic mass is 19.1. The Morgan fingerprint density at radius 1 is 1.17 bits per heavy atom. The predicted molar refractivity (Wildman–Crippen MR) is 118 cm³/mol. The van der Waals surface area contributed by atoms with E-state index in [2.05, 4.69) is 20.6 Å². The van der Waals surface area contributed by atoms with E-state index >= 15 is 0 Å². The lowest BCUT2D eigenvalue weighted by Crippen LogP contribution is -2.41. The molecule has 0 aliphatic rings. The third kappa shape index (κ3) is 5.67. The Bertz CT molecular complexity index is 981. The summed E-state index contributed by atoms with van der Waals surface area (Å²) < 4.78 is 19.2. The molecule has 0 aliphatic heterocycles. The second kappa shape index (κ2) is 10.0. The quantitative estimate of drug-likeness (QED) is 0.460. The Kier molecular flexibility index (Phi) is 7.19. The van der Waals surface area contributed by atoms with E-state index in [9.17, 15) is 4.39 Å². The summed E-state index contributed by atoms with van der Waals surface area (Å²) in [5.41, 5.74) is 3.82. The number of aryl methyl sites for hydroxylation is 1. The summed E-state index contributed by atoms with van der Waals surface area (Å²) in [6.07, 6.45) is 1.64. The molecule has 0 saturated heterocycles. The van der Waals surface area contributed by atoms with Gasteiger partial charge in [0.2, 0.25) is 5.89 Å². The molecule has 0 fully saturated rings. The third-order valence-corrected chi connectivity index (χ3v) is 4.83. The van der Waals surface area contributed by atoms with Crippen LogP contribution in [0.4, 0.5) is 4.39 Å². The summed E-state index contributed by atoms with van der Waals surface area (Å²) >= 11 is 0. The van der Waals surface area contributed by atoms with E-state index in [1.165, 1.54) is 11.6 Å². The Morgan fingerprint density at radius 3 is 2.60 bits per heavy atom. The van der Waals surface area contributed by atoms with Crippen molar-refractivity contribution in [2.45, 2.75) is 19.5 Å². The van der Waals surface area contributed by atoms with Gasteiger partial charge in [0.05, 0.1) is 18.3 Å². The molecule has 6 nitrogen and oxygen atoms in total. The molecule has 7 heteroatoms. The number of likely N-dealkylation sites (N-methyl/N-ethyl adjacent to an activating group) is 1. The first-order chi connectivity index (χ1) is 14.5. The van der Waals surface area contributed by atoms with Gasteiger partial charge in [0.25, 0.3) is 0 Å². The first-order valence-corrected chi connectivity index (χ1v) is 9.84. The molecule has 1 aromatic heterocycles. The number of aromatic nitrogens is 1. The van der Waals surface area contributed by atoms with E-state index in [1.807, 2.05) is 56.3 Å². The molecule has 0 amide bonds. The number of aliphatic imine (C=N–C) groups is 1. The van der Waals surface area contributed by atoms with Crippen molar-refractivity contribution in [1.29, 1.82) is 0 Å². The average molecular weight is 410 g/mol. The molecule has 3 rings (SSSR count). The van der Waals surface area contributed by atoms with Crippen molar-refractivity contribution in [2.24, 2.45) is 4.99 Å². The van der Waals surface area contributed by atoms with Crippen LogP contribution in [0.3, 0.4) is 0 Å². The first kappa shape index (κ1) is 21.5. The molecule has 0 spiro atoms. The zero-order valence-corrected chi connectivity index (χ0v) is 17.8. The van der Waals surface area contributed by atoms with Crippen molar-refractivity contribution < 1.29 is 8.81 Å². The van der Waals surface area contributed by atoms with Crippen molar-refractivity contribution in [3.05, 3.63) is 77.4 Å². The lowest BCUT2D eigenvalue weighted by atomic mass is 10.1. The van der Waals surface area contributed by atoms with Gasteiger partial charge in [-0.15, -0.1) is 0 Å². The minimum absolute atomic E-state index is 0.000518. The van der Waals surface area contributed by atoms with Crippen molar-refractivity contribution in [1.82, 2.24) is 20.5 Å². The summed E-state index contributed by atoms with van der Waals surface area (Å²) in [5.74, 6) is 0.990. The van der Waals surface area contributed by atoms with Gasteiger partial charge in [0.1, 0.15) is 12.1 Å². The highest BCUT2D eigenvalue weighted by molar-refractivity contribution is 5.79. The fourth-order valence-corrected chi connectivity index (χ4v) is 3.12. The van der Waals surface area contributed by atoms with Gasteiger partial charge in [-0.05, 0) is 50.8 Å². The number of oxazole rings is 1. The van der Waals surface area contributed by atoms with Crippen LogP contribution in [0.25, 0.3) is 11.5 Å². The van der Waals surface area contributed by atoms with Crippen LogP contribution in [-0.4, -0.2) is 43.5 Å². The summed E-state index contributed by atoms with van der Waals surface area (Å²) in [6.45, 7) is 3.09. The molecule has 2 aromatic carbocycles. The Balaban J connectivity index is 1.57. The first-order valence-electron chi connectivity index (χ1n) is 9.84. The fraction of sp³-hybridized carbons (Fsp3) is 0.304. The van der Waals surface area contributed by atoms with E-state index in [0.29, 0.717) is 24.9 Å². The van der Waals surface area contributed by atoms with Crippen molar-refractivity contribution >= 4 is 5.96 Å². The van der Waals surface area contributed by atoms with E-state index in [4.69, 9.17) is 4.42 Å². The molecule has 0 radical (unpaired) electrons. The lowest BCUT2D eigenvalue weighted by Gasteiger charge is -2.26. The van der Waals surface area contributed by atoms with Crippen LogP contribution in [0.5, 0.6) is 0 Å². The molecule has 2 N–H and O–H groups in total. The van der Waals surface area contributed by atoms with Crippen LogP contribution in [-0.2, 0) is 6.54 Å². The van der Waals surface area contributed by atoms with E-state index < -0.39 is 0 Å². The van der Waals surface area contributed by atoms with Gasteiger partial charge in [-0.1, -0.05) is 29.8 Å². The molecule has 0 saturated carbocycles. The van der Waals surface area contributed by atoms with Crippen LogP contribution in [0.15, 0.2) is 64.2 Å². The number of hydrogen-bond donors (Lipinski definition) is 2. The number of benzene rings is 2. The Morgan fingerprint density at radius 2 is 1.93 bits per heavy atom. The maximum absolute atomic E-state index is 13.6. The maximum atomic E-state index is 13.6. The largest absolute Gasteiger partial charge is 0.444 e. The molecular formula is C23H28FN5O. The molecule has 158 valence electrons. The average Bonchev–Trinajstić information content (AvgIpc) is 3.20. The highest BCUT2D eigenvalue weighted by Crippen LogP contribution is 2.19. The van der Waals surface area contributed by atoms with Gasteiger partial charge >= 0.3 is 0 Å². The van der Waals surface area contributed by atoms with Crippen LogP contribution in [0, 0.1) is 12.7 Å². The molecule has 1 atom stereocenters. The Labute approximate surface area is 176 Å². The number of halogens is 1. The van der Waals surface area contributed by atoms with Gasteiger partial charge in [-0.2, -0.15) is 0 Å². The minimum Gasteiger partial charge on any atom is -0.444 e. The SMILES string of the molecule is CN=C(NCc1coc(-c2ccc(C)cc2)n1)NCC(c1cccc(F)c1)N(C)C. The monoisotopic (exact) mass is 409 g/mol. The van der Waals surface area contributed by atoms with Crippen LogP contribution in [0.2, 0.25) is 0 Å². The number of hydrogen-bond acceptors (Lipinski definition) is 4. The molecular weight excluding hydrogens is 381 g/mol. The normalized spacial score (nSPS) is 12.8. The van der Waals surface area contributed by atoms with E-state index in [0.717, 1.165) is 16.8 Å². The molecule has 0 bridgehead atoms. The number of nitrogens with zero attached hydrogens (tertiary/aromatic N) is 3. The van der Waals surface area contributed by atoms with Crippen LogP contribution < -0.4 is 10.6 Å². The second-order valence-corrected chi connectivity index (χ2v) is 7.35. The number of nitrogens with one attached hydrogen (secondary N) is 2. The van der Waals surface area contributed by atoms with Gasteiger partial charge in [0, 0.05) is 19.2 Å². The maximum Gasteiger partial charge on any atom is 0.226 e. The second-order valence-electron chi connectivity index (χ2n) is 7.35. The molecule has 1 unspecified atom stereocenters. The van der Waals surface area contributed by atoms with Crippen molar-refractivity contribution in [3.8, 4) is 11.5 Å². The summed E-state index contributed by atoms with van der Waals surface area (Å²) in [4.78, 5) is 10.8. The fourth-order valence-electron chi connectivity index (χ4n) is 3.12. The van der Waals surface area contributed by atoms with Crippen LogP contribution >= 0.6 is 0 Å². The van der Waals surface area contributed by atoms with Crippen molar-refractivity contribution in [2.75, 3.05) is 27.7 Å². The van der Waals surface area contributed by atoms with Gasteiger partial charge in [-0.3, -0.25) is 4.99 Å². The number of guanidine groups is 1. The summed E-state index contributed by atoms with van der Waals surface area (Å²) in [6, 6.07) is 14.7. The van der Waals surface area contributed by atoms with Gasteiger partial charge in [-0.25, -0.2) is 9.37 Å². The smallest absolute Gasteiger partial charge is 0.226 e. The third-order valence-electron chi connectivity index (χ3n) is 4.83. The number of rotatable bonds is 7. The lowest BCUT2D eigenvalue weighted by molar-refractivity contribution is 0.297. The van der Waals surface area contributed by atoms with Crippen LogP contribution in [0.1, 0.15) is 22.9 Å². The molecule has 3 aromatic rings. The zero-order chi connectivity index (χ0) is 21.5. The topological polar surface area (TPSA) is 65.7 Å².